The molecule has 2 aromatic carbocycles. The zero-order valence-corrected chi connectivity index (χ0v) is 14.0. The SMILES string of the molecule is COC(=O)C1(CCCC(C)O)c2ccccc2Oc2ccccc21. The van der Waals surface area contributed by atoms with Gasteiger partial charge in [0.25, 0.3) is 0 Å². The first-order chi connectivity index (χ1) is 11.6. The minimum atomic E-state index is -0.908. The lowest BCUT2D eigenvalue weighted by atomic mass is 9.69. The maximum atomic E-state index is 12.9. The smallest absolute Gasteiger partial charge is 0.321 e. The summed E-state index contributed by atoms with van der Waals surface area (Å²) >= 11 is 0. The van der Waals surface area contributed by atoms with Gasteiger partial charge in [-0.1, -0.05) is 36.4 Å². The monoisotopic (exact) mass is 326 g/mol. The Morgan fingerprint density at radius 1 is 1.12 bits per heavy atom. The van der Waals surface area contributed by atoms with Gasteiger partial charge in [-0.05, 0) is 38.3 Å². The van der Waals surface area contributed by atoms with Gasteiger partial charge in [0.15, 0.2) is 0 Å². The van der Waals surface area contributed by atoms with E-state index in [-0.39, 0.29) is 5.97 Å². The number of fused-ring (bicyclic) bond motifs is 2. The number of hydrogen-bond acceptors (Lipinski definition) is 4. The summed E-state index contributed by atoms with van der Waals surface area (Å²) in [6.07, 6.45) is 1.49. The number of esters is 1. The normalized spacial score (nSPS) is 15.6. The highest BCUT2D eigenvalue weighted by Crippen LogP contribution is 2.51. The number of rotatable bonds is 5. The molecule has 0 saturated heterocycles. The first kappa shape index (κ1) is 16.5. The Labute approximate surface area is 142 Å². The Morgan fingerprint density at radius 3 is 2.17 bits per heavy atom. The number of carbonyl (C=O) groups excluding carboxylic acids is 1. The first-order valence-corrected chi connectivity index (χ1v) is 8.23. The molecule has 0 spiro atoms. The summed E-state index contributed by atoms with van der Waals surface area (Å²) in [5.41, 5.74) is 0.733. The van der Waals surface area contributed by atoms with E-state index in [1.807, 2.05) is 48.5 Å². The molecule has 0 aliphatic carbocycles. The second-order valence-electron chi connectivity index (χ2n) is 6.23. The summed E-state index contributed by atoms with van der Waals surface area (Å²) in [5.74, 6) is 1.06. The molecule has 1 atom stereocenters. The van der Waals surface area contributed by atoms with Crippen LogP contribution in [0.1, 0.15) is 37.3 Å². The molecule has 126 valence electrons. The molecule has 0 amide bonds. The molecular formula is C20H22O4. The number of aliphatic hydroxyl groups is 1. The Kier molecular flexibility index (Phi) is 4.58. The summed E-state index contributed by atoms with van der Waals surface area (Å²) in [7, 11) is 1.42. The van der Waals surface area contributed by atoms with Gasteiger partial charge >= 0.3 is 5.97 Å². The standard InChI is InChI=1S/C20H22O4/c1-14(21)8-7-13-20(19(22)23-2)15-9-3-5-11-17(15)24-18-12-6-4-10-16(18)20/h3-6,9-12,14,21H,7-8,13H2,1-2H3. The molecule has 1 N–H and O–H groups in total. The maximum absolute atomic E-state index is 12.9. The average Bonchev–Trinajstić information content (AvgIpc) is 2.60. The van der Waals surface area contributed by atoms with Crippen LogP contribution in [0.2, 0.25) is 0 Å². The van der Waals surface area contributed by atoms with Gasteiger partial charge in [-0.2, -0.15) is 0 Å². The van der Waals surface area contributed by atoms with Crippen LogP contribution in [0.4, 0.5) is 0 Å². The van der Waals surface area contributed by atoms with E-state index in [1.54, 1.807) is 6.92 Å². The maximum Gasteiger partial charge on any atom is 0.321 e. The van der Waals surface area contributed by atoms with E-state index in [2.05, 4.69) is 0 Å². The average molecular weight is 326 g/mol. The summed E-state index contributed by atoms with van der Waals surface area (Å²) in [6.45, 7) is 1.76. The van der Waals surface area contributed by atoms with Crippen LogP contribution in [0, 0.1) is 0 Å². The molecule has 4 heteroatoms. The summed E-state index contributed by atoms with van der Waals surface area (Å²) in [4.78, 5) is 12.9. The second-order valence-corrected chi connectivity index (χ2v) is 6.23. The minimum Gasteiger partial charge on any atom is -0.468 e. The molecule has 1 aliphatic rings. The van der Waals surface area contributed by atoms with Gasteiger partial charge in [0.1, 0.15) is 16.9 Å². The molecular weight excluding hydrogens is 304 g/mol. The number of hydrogen-bond donors (Lipinski definition) is 1. The van der Waals surface area contributed by atoms with Crippen molar-refractivity contribution in [2.75, 3.05) is 7.11 Å². The van der Waals surface area contributed by atoms with E-state index in [0.29, 0.717) is 30.8 Å². The van der Waals surface area contributed by atoms with Gasteiger partial charge in [0.05, 0.1) is 13.2 Å². The fourth-order valence-corrected chi connectivity index (χ4v) is 3.51. The number of methoxy groups -OCH3 is 1. The van der Waals surface area contributed by atoms with Crippen LogP contribution in [-0.2, 0) is 14.9 Å². The van der Waals surface area contributed by atoms with Crippen molar-refractivity contribution in [2.24, 2.45) is 0 Å². The van der Waals surface area contributed by atoms with Crippen molar-refractivity contribution in [1.82, 2.24) is 0 Å². The van der Waals surface area contributed by atoms with E-state index in [1.165, 1.54) is 7.11 Å². The molecule has 0 bridgehead atoms. The first-order valence-electron chi connectivity index (χ1n) is 8.23. The second kappa shape index (κ2) is 6.65. The van der Waals surface area contributed by atoms with Crippen LogP contribution in [0.15, 0.2) is 48.5 Å². The molecule has 2 aromatic rings. The lowest BCUT2D eigenvalue weighted by Gasteiger charge is -2.38. The molecule has 0 aromatic heterocycles. The molecule has 1 heterocycles. The van der Waals surface area contributed by atoms with E-state index in [9.17, 15) is 9.90 Å². The quantitative estimate of drug-likeness (QED) is 0.849. The number of carbonyl (C=O) groups is 1. The van der Waals surface area contributed by atoms with Crippen LogP contribution in [-0.4, -0.2) is 24.3 Å². The Morgan fingerprint density at radius 2 is 1.67 bits per heavy atom. The lowest BCUT2D eigenvalue weighted by molar-refractivity contribution is -0.146. The van der Waals surface area contributed by atoms with E-state index in [0.717, 1.165) is 11.1 Å². The fraction of sp³-hybridized carbons (Fsp3) is 0.350. The number of aliphatic hydroxyl groups excluding tert-OH is 1. The zero-order chi connectivity index (χ0) is 17.2. The third-order valence-corrected chi connectivity index (χ3v) is 4.62. The topological polar surface area (TPSA) is 55.8 Å². The summed E-state index contributed by atoms with van der Waals surface area (Å²) < 4.78 is 11.2. The van der Waals surface area contributed by atoms with Crippen molar-refractivity contribution in [3.05, 3.63) is 59.7 Å². The van der Waals surface area contributed by atoms with Crippen LogP contribution in [0.25, 0.3) is 0 Å². The minimum absolute atomic E-state index is 0.295. The molecule has 3 rings (SSSR count). The van der Waals surface area contributed by atoms with Gasteiger partial charge in [-0.25, -0.2) is 0 Å². The highest BCUT2D eigenvalue weighted by molar-refractivity contribution is 5.90. The van der Waals surface area contributed by atoms with Gasteiger partial charge < -0.3 is 14.6 Å². The highest BCUT2D eigenvalue weighted by atomic mass is 16.5. The Hall–Kier alpha value is -2.33. The van der Waals surface area contributed by atoms with E-state index < -0.39 is 11.5 Å². The number of ether oxygens (including phenoxy) is 2. The van der Waals surface area contributed by atoms with Crippen molar-refractivity contribution < 1.29 is 19.4 Å². The zero-order valence-electron chi connectivity index (χ0n) is 14.0. The summed E-state index contributed by atoms with van der Waals surface area (Å²) in [6, 6.07) is 15.2. The molecule has 0 radical (unpaired) electrons. The molecule has 24 heavy (non-hydrogen) atoms. The third kappa shape index (κ3) is 2.67. The van der Waals surface area contributed by atoms with Crippen molar-refractivity contribution in [2.45, 2.75) is 37.7 Å². The predicted octanol–water partition coefficient (Wildman–Crippen LogP) is 3.80. The highest BCUT2D eigenvalue weighted by Gasteiger charge is 2.48. The molecule has 0 saturated carbocycles. The van der Waals surface area contributed by atoms with Crippen molar-refractivity contribution in [1.29, 1.82) is 0 Å². The van der Waals surface area contributed by atoms with Crippen molar-refractivity contribution in [3.8, 4) is 11.5 Å². The number of benzene rings is 2. The van der Waals surface area contributed by atoms with Gasteiger partial charge in [0.2, 0.25) is 0 Å². The van der Waals surface area contributed by atoms with Gasteiger partial charge in [0, 0.05) is 11.1 Å². The number of para-hydroxylation sites is 2. The van der Waals surface area contributed by atoms with E-state index >= 15 is 0 Å². The van der Waals surface area contributed by atoms with E-state index in [4.69, 9.17) is 9.47 Å². The van der Waals surface area contributed by atoms with Crippen LogP contribution in [0.3, 0.4) is 0 Å². The fourth-order valence-electron chi connectivity index (χ4n) is 3.51. The van der Waals surface area contributed by atoms with Crippen molar-refractivity contribution >= 4 is 5.97 Å². The van der Waals surface area contributed by atoms with Crippen molar-refractivity contribution in [3.63, 3.8) is 0 Å². The van der Waals surface area contributed by atoms with Gasteiger partial charge in [-0.15, -0.1) is 0 Å². The molecule has 4 nitrogen and oxygen atoms in total. The lowest BCUT2D eigenvalue weighted by Crippen LogP contribution is -2.40. The third-order valence-electron chi connectivity index (χ3n) is 4.62. The molecule has 1 aliphatic heterocycles. The van der Waals surface area contributed by atoms with Crippen LogP contribution < -0.4 is 4.74 Å². The Bertz CT molecular complexity index is 690. The molecule has 0 fully saturated rings. The summed E-state index contributed by atoms with van der Waals surface area (Å²) in [5, 5.41) is 9.61. The van der Waals surface area contributed by atoms with Crippen LogP contribution >= 0.6 is 0 Å². The molecule has 1 unspecified atom stereocenters. The Balaban J connectivity index is 2.16. The largest absolute Gasteiger partial charge is 0.468 e. The predicted molar refractivity (Wildman–Crippen MR) is 91.3 cm³/mol. The van der Waals surface area contributed by atoms with Gasteiger partial charge in [-0.3, -0.25) is 4.79 Å². The van der Waals surface area contributed by atoms with Crippen LogP contribution in [0.5, 0.6) is 11.5 Å².